The summed E-state index contributed by atoms with van der Waals surface area (Å²) in [6, 6.07) is 4.12. The third-order valence-corrected chi connectivity index (χ3v) is 6.30. The Kier molecular flexibility index (Phi) is 6.51. The van der Waals surface area contributed by atoms with Crippen molar-refractivity contribution in [2.45, 2.75) is 38.6 Å². The molecule has 2 aromatic rings. The number of allylic oxidation sites excluding steroid dienone is 2. The van der Waals surface area contributed by atoms with Crippen molar-refractivity contribution in [3.63, 3.8) is 0 Å². The molecule has 1 aromatic heterocycles. The lowest BCUT2D eigenvalue weighted by Crippen LogP contribution is -2.42. The molecule has 0 amide bonds. The van der Waals surface area contributed by atoms with E-state index in [9.17, 15) is 0 Å². The molecular formula is C24H29ClN6S. The SMILES string of the molecule is CN(C)CCCc1cc2c(cc1Cl)NC(=S)Cc1cnc(NC3=CC=CNC3(C)C)nc1-2. The van der Waals surface area contributed by atoms with Gasteiger partial charge in [0.05, 0.1) is 16.2 Å². The van der Waals surface area contributed by atoms with Crippen molar-refractivity contribution in [3.8, 4) is 11.3 Å². The minimum atomic E-state index is -0.237. The molecular weight excluding hydrogens is 440 g/mol. The van der Waals surface area contributed by atoms with Gasteiger partial charge in [0.25, 0.3) is 0 Å². The second-order valence-electron chi connectivity index (χ2n) is 9.02. The second kappa shape index (κ2) is 9.17. The first-order valence-corrected chi connectivity index (χ1v) is 11.6. The molecule has 0 unspecified atom stereocenters. The van der Waals surface area contributed by atoms with Gasteiger partial charge in [0.1, 0.15) is 0 Å². The molecule has 0 saturated carbocycles. The van der Waals surface area contributed by atoms with E-state index >= 15 is 0 Å². The standard InChI is InChI=1S/C24H29ClN6S/c1-24(2)20(8-5-9-27-24)29-23-26-14-16-12-21(32)28-19-13-18(25)15(7-6-10-31(3)4)11-17(19)22(16)30-23/h5,8-9,11,13-14,27H,6-7,10,12H2,1-4H3,(H,28,32)(H,26,29,30). The van der Waals surface area contributed by atoms with Gasteiger partial charge >= 0.3 is 0 Å². The van der Waals surface area contributed by atoms with Crippen LogP contribution in [0.1, 0.15) is 31.4 Å². The quantitative estimate of drug-likeness (QED) is 0.527. The van der Waals surface area contributed by atoms with Gasteiger partial charge in [-0.25, -0.2) is 9.97 Å². The molecule has 6 nitrogen and oxygen atoms in total. The maximum Gasteiger partial charge on any atom is 0.227 e. The number of aryl methyl sites for hydroxylation is 1. The Morgan fingerprint density at radius 2 is 2.09 bits per heavy atom. The van der Waals surface area contributed by atoms with Gasteiger partial charge in [-0.3, -0.25) is 0 Å². The highest BCUT2D eigenvalue weighted by Gasteiger charge is 2.25. The van der Waals surface area contributed by atoms with Crippen molar-refractivity contribution in [3.05, 3.63) is 58.5 Å². The van der Waals surface area contributed by atoms with Crippen LogP contribution in [0.3, 0.4) is 0 Å². The summed E-state index contributed by atoms with van der Waals surface area (Å²) in [5, 5.41) is 10.8. The number of hydrogen-bond acceptors (Lipinski definition) is 6. The summed E-state index contributed by atoms with van der Waals surface area (Å²) in [5.74, 6) is 0.558. The van der Waals surface area contributed by atoms with E-state index in [0.29, 0.717) is 12.4 Å². The number of dihydropyridines is 1. The Morgan fingerprint density at radius 1 is 1.28 bits per heavy atom. The summed E-state index contributed by atoms with van der Waals surface area (Å²) in [7, 11) is 4.17. The van der Waals surface area contributed by atoms with Gasteiger partial charge in [-0.2, -0.15) is 0 Å². The maximum atomic E-state index is 6.63. The predicted molar refractivity (Wildman–Crippen MR) is 137 cm³/mol. The van der Waals surface area contributed by atoms with Crippen LogP contribution in [-0.2, 0) is 12.8 Å². The number of halogens is 1. The number of fused-ring (bicyclic) bond motifs is 3. The summed E-state index contributed by atoms with van der Waals surface area (Å²) in [6.07, 6.45) is 10.3. The molecule has 32 heavy (non-hydrogen) atoms. The van der Waals surface area contributed by atoms with Gasteiger partial charge in [0.2, 0.25) is 5.95 Å². The van der Waals surface area contributed by atoms with Crippen LogP contribution < -0.4 is 16.0 Å². The molecule has 1 aromatic carbocycles. The van der Waals surface area contributed by atoms with E-state index in [1.165, 1.54) is 0 Å². The number of thiocarbonyl (C=S) groups is 1. The van der Waals surface area contributed by atoms with Gasteiger partial charge in [-0.1, -0.05) is 23.8 Å². The van der Waals surface area contributed by atoms with Crippen LogP contribution in [-0.4, -0.2) is 46.0 Å². The molecule has 0 spiro atoms. The fourth-order valence-corrected chi connectivity index (χ4v) is 4.42. The smallest absolute Gasteiger partial charge is 0.227 e. The lowest BCUT2D eigenvalue weighted by Gasteiger charge is -2.31. The number of hydrogen-bond donors (Lipinski definition) is 3. The molecule has 2 aliphatic rings. The molecule has 3 heterocycles. The number of nitrogens with zero attached hydrogens (tertiary/aromatic N) is 3. The highest BCUT2D eigenvalue weighted by Crippen LogP contribution is 2.37. The van der Waals surface area contributed by atoms with Crippen LogP contribution in [0.5, 0.6) is 0 Å². The number of nitrogens with one attached hydrogen (secondary N) is 3. The van der Waals surface area contributed by atoms with E-state index in [-0.39, 0.29) is 5.54 Å². The number of aromatic nitrogens is 2. The van der Waals surface area contributed by atoms with Crippen molar-refractivity contribution in [1.29, 1.82) is 0 Å². The normalized spacial score (nSPS) is 16.4. The van der Waals surface area contributed by atoms with Crippen LogP contribution in [0.15, 0.2) is 42.4 Å². The lowest BCUT2D eigenvalue weighted by atomic mass is 9.98. The van der Waals surface area contributed by atoms with Crippen molar-refractivity contribution >= 4 is 40.4 Å². The molecule has 0 bridgehead atoms. The largest absolute Gasteiger partial charge is 0.380 e. The Bertz CT molecular complexity index is 1110. The summed E-state index contributed by atoms with van der Waals surface area (Å²) in [5.41, 5.74) is 5.66. The summed E-state index contributed by atoms with van der Waals surface area (Å²) in [6.45, 7) is 5.23. The van der Waals surface area contributed by atoms with E-state index in [2.05, 4.69) is 59.8 Å². The van der Waals surface area contributed by atoms with Gasteiger partial charge in [-0.05, 0) is 83.4 Å². The molecule has 0 saturated heterocycles. The Morgan fingerprint density at radius 3 is 2.84 bits per heavy atom. The van der Waals surface area contributed by atoms with Crippen molar-refractivity contribution < 1.29 is 0 Å². The first-order chi connectivity index (χ1) is 15.2. The van der Waals surface area contributed by atoms with E-state index in [1.807, 2.05) is 30.6 Å². The molecule has 0 fully saturated rings. The second-order valence-corrected chi connectivity index (χ2v) is 9.92. The fraction of sp³-hybridized carbons (Fsp3) is 0.375. The summed E-state index contributed by atoms with van der Waals surface area (Å²) >= 11 is 12.2. The zero-order valence-corrected chi connectivity index (χ0v) is 20.5. The minimum absolute atomic E-state index is 0.237. The summed E-state index contributed by atoms with van der Waals surface area (Å²) in [4.78, 5) is 12.4. The molecule has 3 N–H and O–H groups in total. The molecule has 4 rings (SSSR count). The molecule has 0 aliphatic carbocycles. The molecule has 8 heteroatoms. The Balaban J connectivity index is 1.72. The third kappa shape index (κ3) is 4.95. The Labute approximate surface area is 200 Å². The third-order valence-electron chi connectivity index (χ3n) is 5.71. The van der Waals surface area contributed by atoms with E-state index in [4.69, 9.17) is 28.8 Å². The van der Waals surface area contributed by atoms with Crippen molar-refractivity contribution in [2.24, 2.45) is 0 Å². The van der Waals surface area contributed by atoms with E-state index in [0.717, 1.165) is 63.2 Å². The van der Waals surface area contributed by atoms with Crippen LogP contribution in [0, 0.1) is 0 Å². The maximum absolute atomic E-state index is 6.63. The lowest BCUT2D eigenvalue weighted by molar-refractivity contribution is 0.400. The van der Waals surface area contributed by atoms with Crippen molar-refractivity contribution in [2.75, 3.05) is 31.3 Å². The zero-order valence-electron chi connectivity index (χ0n) is 18.9. The molecule has 2 aliphatic heterocycles. The average Bonchev–Trinajstić information content (AvgIpc) is 2.84. The number of rotatable bonds is 6. The van der Waals surface area contributed by atoms with E-state index in [1.54, 1.807) is 0 Å². The Hall–Kier alpha value is -2.48. The highest BCUT2D eigenvalue weighted by atomic mass is 35.5. The zero-order chi connectivity index (χ0) is 22.9. The average molecular weight is 469 g/mol. The van der Waals surface area contributed by atoms with Gasteiger partial charge < -0.3 is 20.9 Å². The van der Waals surface area contributed by atoms with Gasteiger partial charge in [-0.15, -0.1) is 0 Å². The van der Waals surface area contributed by atoms with Crippen LogP contribution >= 0.6 is 23.8 Å². The topological polar surface area (TPSA) is 65.1 Å². The van der Waals surface area contributed by atoms with Crippen LogP contribution in [0.25, 0.3) is 11.3 Å². The first-order valence-electron chi connectivity index (χ1n) is 10.8. The van der Waals surface area contributed by atoms with E-state index < -0.39 is 0 Å². The fourth-order valence-electron chi connectivity index (χ4n) is 3.90. The molecule has 0 atom stereocenters. The van der Waals surface area contributed by atoms with Crippen LogP contribution in [0.2, 0.25) is 5.02 Å². The number of anilines is 2. The predicted octanol–water partition coefficient (Wildman–Crippen LogP) is 4.78. The first kappa shape index (κ1) is 22.7. The minimum Gasteiger partial charge on any atom is -0.380 e. The molecule has 0 radical (unpaired) electrons. The molecule has 168 valence electrons. The summed E-state index contributed by atoms with van der Waals surface area (Å²) < 4.78 is 0. The highest BCUT2D eigenvalue weighted by molar-refractivity contribution is 7.80. The van der Waals surface area contributed by atoms with Crippen LogP contribution in [0.4, 0.5) is 11.6 Å². The number of benzene rings is 1. The van der Waals surface area contributed by atoms with Gasteiger partial charge in [0.15, 0.2) is 0 Å². The monoisotopic (exact) mass is 468 g/mol. The van der Waals surface area contributed by atoms with Gasteiger partial charge in [0, 0.05) is 40.2 Å². The van der Waals surface area contributed by atoms with Crippen molar-refractivity contribution in [1.82, 2.24) is 20.2 Å².